The lowest BCUT2D eigenvalue weighted by atomic mass is 9.82. The number of hydrogen-bond acceptors (Lipinski definition) is 4. The smallest absolute Gasteiger partial charge is 0.322 e. The highest BCUT2D eigenvalue weighted by atomic mass is 16.2. The zero-order chi connectivity index (χ0) is 21.5. The Labute approximate surface area is 179 Å². The van der Waals surface area contributed by atoms with Crippen LogP contribution in [0.4, 0.5) is 4.79 Å². The monoisotopic (exact) mass is 420 g/mol. The fraction of sp³-hybridized carbons (Fsp3) is 0.391. The number of pyridine rings is 1. The standard InChI is InChI=1S/C23H24N4O4/c28-20(7-6-18-22(30)25-23(31)24-18)26-11-14-8-17(13-26)19-9-16(10-21(29)27(19)12-14)15-4-2-1-3-5-15/h1-5,9-10,14,17-18H,6-8,11-13H2,(H2,24,25,30,31)/t14-,17+,18-/m0/s1. The average molecular weight is 420 g/mol. The van der Waals surface area contributed by atoms with Gasteiger partial charge < -0.3 is 14.8 Å². The van der Waals surface area contributed by atoms with Gasteiger partial charge in [0.1, 0.15) is 6.04 Å². The number of aromatic nitrogens is 1. The quantitative estimate of drug-likeness (QED) is 0.731. The number of carbonyl (C=O) groups excluding carboxylic acids is 3. The zero-order valence-electron chi connectivity index (χ0n) is 17.0. The molecule has 8 nitrogen and oxygen atoms in total. The summed E-state index contributed by atoms with van der Waals surface area (Å²) in [7, 11) is 0. The number of nitrogens with one attached hydrogen (secondary N) is 2. The summed E-state index contributed by atoms with van der Waals surface area (Å²) in [6.45, 7) is 1.80. The van der Waals surface area contributed by atoms with E-state index >= 15 is 0 Å². The number of benzene rings is 1. The molecule has 3 aliphatic rings. The molecule has 5 rings (SSSR count). The second-order valence-electron chi connectivity index (χ2n) is 8.64. The topological polar surface area (TPSA) is 101 Å². The number of likely N-dealkylation sites (tertiary alicyclic amines) is 1. The Bertz CT molecular complexity index is 1110. The highest BCUT2D eigenvalue weighted by molar-refractivity contribution is 6.04. The van der Waals surface area contributed by atoms with Crippen LogP contribution in [0.5, 0.6) is 0 Å². The molecule has 0 saturated carbocycles. The molecule has 0 aliphatic carbocycles. The number of amides is 4. The Morgan fingerprint density at radius 1 is 1.00 bits per heavy atom. The first-order chi connectivity index (χ1) is 15.0. The van der Waals surface area contributed by atoms with Crippen LogP contribution in [0.15, 0.2) is 47.3 Å². The lowest BCUT2D eigenvalue weighted by molar-refractivity contribution is -0.134. The Morgan fingerprint density at radius 3 is 2.55 bits per heavy atom. The molecule has 160 valence electrons. The number of hydrogen-bond donors (Lipinski definition) is 2. The molecule has 1 aromatic heterocycles. The van der Waals surface area contributed by atoms with Gasteiger partial charge in [0.05, 0.1) is 0 Å². The molecular formula is C23H24N4O4. The summed E-state index contributed by atoms with van der Waals surface area (Å²) < 4.78 is 1.87. The molecule has 31 heavy (non-hydrogen) atoms. The summed E-state index contributed by atoms with van der Waals surface area (Å²) in [4.78, 5) is 50.5. The number of piperidine rings is 1. The normalized spacial score (nSPS) is 24.4. The summed E-state index contributed by atoms with van der Waals surface area (Å²) in [5.74, 6) is -0.0408. The van der Waals surface area contributed by atoms with Crippen LogP contribution in [0.3, 0.4) is 0 Å². The summed E-state index contributed by atoms with van der Waals surface area (Å²) in [5.41, 5.74) is 2.91. The van der Waals surface area contributed by atoms with Gasteiger partial charge in [0.15, 0.2) is 0 Å². The molecule has 2 bridgehead atoms. The molecule has 2 saturated heterocycles. The minimum Gasteiger partial charge on any atom is -0.342 e. The van der Waals surface area contributed by atoms with E-state index in [1.54, 1.807) is 6.07 Å². The van der Waals surface area contributed by atoms with Crippen LogP contribution in [0.25, 0.3) is 11.1 Å². The molecule has 2 aromatic rings. The van der Waals surface area contributed by atoms with Crippen LogP contribution in [0, 0.1) is 5.92 Å². The van der Waals surface area contributed by atoms with Crippen LogP contribution in [-0.2, 0) is 16.1 Å². The summed E-state index contributed by atoms with van der Waals surface area (Å²) >= 11 is 0. The van der Waals surface area contributed by atoms with Crippen molar-refractivity contribution >= 4 is 17.8 Å². The second-order valence-corrected chi connectivity index (χ2v) is 8.64. The molecule has 3 aliphatic heterocycles. The highest BCUT2D eigenvalue weighted by Crippen LogP contribution is 2.36. The van der Waals surface area contributed by atoms with Crippen molar-refractivity contribution in [3.8, 4) is 11.1 Å². The number of imide groups is 1. The van der Waals surface area contributed by atoms with E-state index in [2.05, 4.69) is 16.7 Å². The number of carbonyl (C=O) groups is 3. The molecule has 4 amide bonds. The molecular weight excluding hydrogens is 396 g/mol. The molecule has 8 heteroatoms. The van der Waals surface area contributed by atoms with Crippen LogP contribution < -0.4 is 16.2 Å². The van der Waals surface area contributed by atoms with Gasteiger partial charge in [0.2, 0.25) is 5.91 Å². The van der Waals surface area contributed by atoms with Gasteiger partial charge >= 0.3 is 6.03 Å². The van der Waals surface area contributed by atoms with E-state index < -0.39 is 12.1 Å². The lowest BCUT2D eigenvalue weighted by Crippen LogP contribution is -2.49. The van der Waals surface area contributed by atoms with Gasteiger partial charge in [-0.15, -0.1) is 0 Å². The fourth-order valence-electron chi connectivity index (χ4n) is 5.05. The molecule has 0 spiro atoms. The number of nitrogens with zero attached hydrogens (tertiary/aromatic N) is 2. The first-order valence-electron chi connectivity index (χ1n) is 10.7. The molecule has 0 radical (unpaired) electrons. The SMILES string of the molecule is O=C1NC(=O)[C@H](CCC(=O)N2C[C@@H]3C[C@H](C2)c2cc(-c4ccccc4)cc(=O)n2C3)N1. The predicted molar refractivity (Wildman–Crippen MR) is 113 cm³/mol. The third kappa shape index (κ3) is 3.73. The average Bonchev–Trinajstić information content (AvgIpc) is 3.10. The van der Waals surface area contributed by atoms with Crippen molar-refractivity contribution in [2.24, 2.45) is 5.92 Å². The zero-order valence-corrected chi connectivity index (χ0v) is 17.0. The van der Waals surface area contributed by atoms with Crippen molar-refractivity contribution in [2.45, 2.75) is 37.8 Å². The van der Waals surface area contributed by atoms with Crippen LogP contribution in [0.2, 0.25) is 0 Å². The predicted octanol–water partition coefficient (Wildman–Crippen LogP) is 1.45. The third-order valence-corrected chi connectivity index (χ3v) is 6.52. The van der Waals surface area contributed by atoms with E-state index in [1.807, 2.05) is 39.8 Å². The van der Waals surface area contributed by atoms with Gasteiger partial charge in [0.25, 0.3) is 11.5 Å². The lowest BCUT2D eigenvalue weighted by Gasteiger charge is -2.43. The molecule has 4 heterocycles. The first kappa shape index (κ1) is 19.5. The molecule has 3 atom stereocenters. The number of urea groups is 1. The van der Waals surface area contributed by atoms with Gasteiger partial charge in [-0.05, 0) is 36.0 Å². The minimum absolute atomic E-state index is 0.00816. The van der Waals surface area contributed by atoms with Crippen molar-refractivity contribution in [3.63, 3.8) is 0 Å². The van der Waals surface area contributed by atoms with Gasteiger partial charge in [-0.25, -0.2) is 4.79 Å². The largest absolute Gasteiger partial charge is 0.342 e. The Kier molecular flexibility index (Phi) is 4.84. The Hall–Kier alpha value is -3.42. The second kappa shape index (κ2) is 7.68. The van der Waals surface area contributed by atoms with E-state index in [9.17, 15) is 19.2 Å². The van der Waals surface area contributed by atoms with Gasteiger partial charge in [-0.1, -0.05) is 30.3 Å². The van der Waals surface area contributed by atoms with Crippen molar-refractivity contribution in [1.82, 2.24) is 20.1 Å². The van der Waals surface area contributed by atoms with E-state index in [0.717, 1.165) is 23.2 Å². The van der Waals surface area contributed by atoms with Crippen molar-refractivity contribution in [2.75, 3.05) is 13.1 Å². The van der Waals surface area contributed by atoms with Crippen molar-refractivity contribution in [3.05, 3.63) is 58.5 Å². The summed E-state index contributed by atoms with van der Waals surface area (Å²) in [6.07, 6.45) is 1.45. The summed E-state index contributed by atoms with van der Waals surface area (Å²) in [5, 5.41) is 4.73. The minimum atomic E-state index is -0.645. The van der Waals surface area contributed by atoms with E-state index in [4.69, 9.17) is 0 Å². The highest BCUT2D eigenvalue weighted by Gasteiger charge is 2.37. The molecule has 2 N–H and O–H groups in total. The van der Waals surface area contributed by atoms with Crippen LogP contribution in [-0.4, -0.2) is 46.4 Å². The third-order valence-electron chi connectivity index (χ3n) is 6.52. The first-order valence-corrected chi connectivity index (χ1v) is 10.7. The molecule has 0 unspecified atom stereocenters. The van der Waals surface area contributed by atoms with E-state index in [0.29, 0.717) is 19.6 Å². The van der Waals surface area contributed by atoms with Gasteiger partial charge in [0, 0.05) is 43.7 Å². The van der Waals surface area contributed by atoms with Gasteiger partial charge in [-0.2, -0.15) is 0 Å². The molecule has 1 aromatic carbocycles. The van der Waals surface area contributed by atoms with Crippen molar-refractivity contribution < 1.29 is 14.4 Å². The van der Waals surface area contributed by atoms with Crippen LogP contribution >= 0.6 is 0 Å². The summed E-state index contributed by atoms with van der Waals surface area (Å²) in [6, 6.07) is 12.5. The molecule has 2 fully saturated rings. The Balaban J connectivity index is 1.33. The van der Waals surface area contributed by atoms with E-state index in [-0.39, 0.29) is 42.1 Å². The van der Waals surface area contributed by atoms with Gasteiger partial charge in [-0.3, -0.25) is 19.7 Å². The van der Waals surface area contributed by atoms with Crippen molar-refractivity contribution in [1.29, 1.82) is 0 Å². The Morgan fingerprint density at radius 2 is 1.81 bits per heavy atom. The number of fused-ring (bicyclic) bond motifs is 4. The maximum Gasteiger partial charge on any atom is 0.322 e. The maximum absolute atomic E-state index is 12.9. The number of rotatable bonds is 4. The fourth-order valence-corrected chi connectivity index (χ4v) is 5.05. The van der Waals surface area contributed by atoms with Crippen LogP contribution in [0.1, 0.15) is 30.9 Å². The van der Waals surface area contributed by atoms with E-state index in [1.165, 1.54) is 0 Å². The maximum atomic E-state index is 12.9.